The van der Waals surface area contributed by atoms with Crippen molar-refractivity contribution < 1.29 is 9.90 Å². The molecular weight excluding hydrogens is 244 g/mol. The maximum Gasteiger partial charge on any atom is 0.168 e. The van der Waals surface area contributed by atoms with Crippen LogP contribution in [0.5, 0.6) is 0 Å². The molecule has 0 aliphatic rings. The van der Waals surface area contributed by atoms with E-state index in [1.165, 1.54) is 0 Å². The van der Waals surface area contributed by atoms with Crippen LogP contribution in [0.1, 0.15) is 23.7 Å². The number of carbonyl (C=O) groups is 1. The molecule has 0 radical (unpaired) electrons. The minimum atomic E-state index is -0.274. The van der Waals surface area contributed by atoms with Crippen molar-refractivity contribution in [1.82, 2.24) is 0 Å². The fourth-order valence-electron chi connectivity index (χ4n) is 1.27. The quantitative estimate of drug-likeness (QED) is 0.842. The van der Waals surface area contributed by atoms with E-state index < -0.39 is 0 Å². The van der Waals surface area contributed by atoms with Crippen LogP contribution < -0.4 is 0 Å². The zero-order valence-electron chi connectivity index (χ0n) is 8.03. The Morgan fingerprint density at radius 3 is 2.79 bits per heavy atom. The zero-order valence-corrected chi connectivity index (χ0v) is 9.62. The Hall–Kier alpha value is -0.670. The maximum absolute atomic E-state index is 11.8. The van der Waals surface area contributed by atoms with Gasteiger partial charge in [-0.3, -0.25) is 4.79 Å². The van der Waals surface area contributed by atoms with Gasteiger partial charge >= 0.3 is 0 Å². The summed E-state index contributed by atoms with van der Waals surface area (Å²) in [6.45, 7) is 1.82. The Morgan fingerprint density at radius 1 is 1.57 bits per heavy atom. The molecule has 0 saturated carbocycles. The van der Waals surface area contributed by atoms with Crippen LogP contribution in [0.3, 0.4) is 0 Å². The summed E-state index contributed by atoms with van der Waals surface area (Å²) < 4.78 is 0.885. The van der Waals surface area contributed by atoms with Gasteiger partial charge in [0, 0.05) is 16.0 Å². The number of halogens is 1. The molecule has 1 unspecified atom stereocenters. The first-order valence-electron chi connectivity index (χ1n) is 4.59. The number of rotatable bonds is 4. The highest BCUT2D eigenvalue weighted by Crippen LogP contribution is 2.16. The summed E-state index contributed by atoms with van der Waals surface area (Å²) in [5.41, 5.74) is 0.653. The molecule has 0 amide bonds. The molecule has 0 aliphatic heterocycles. The van der Waals surface area contributed by atoms with Gasteiger partial charge in [0.15, 0.2) is 5.78 Å². The van der Waals surface area contributed by atoms with Crippen LogP contribution in [0.2, 0.25) is 0 Å². The van der Waals surface area contributed by atoms with E-state index in [4.69, 9.17) is 5.11 Å². The van der Waals surface area contributed by atoms with Gasteiger partial charge in [0.2, 0.25) is 0 Å². The van der Waals surface area contributed by atoms with E-state index in [9.17, 15) is 4.79 Å². The molecule has 0 heterocycles. The fraction of sp³-hybridized carbons (Fsp3) is 0.364. The van der Waals surface area contributed by atoms with Crippen molar-refractivity contribution in [3.8, 4) is 0 Å². The number of hydrogen-bond acceptors (Lipinski definition) is 2. The van der Waals surface area contributed by atoms with Crippen molar-refractivity contribution in [2.45, 2.75) is 13.3 Å². The van der Waals surface area contributed by atoms with Crippen LogP contribution in [-0.2, 0) is 0 Å². The smallest absolute Gasteiger partial charge is 0.168 e. The van der Waals surface area contributed by atoms with Crippen molar-refractivity contribution in [2.24, 2.45) is 5.92 Å². The summed E-state index contributed by atoms with van der Waals surface area (Å²) in [6, 6.07) is 7.24. The third-order valence-corrected chi connectivity index (χ3v) is 2.69. The summed E-state index contributed by atoms with van der Waals surface area (Å²) in [7, 11) is 0. The molecule has 3 heteroatoms. The normalized spacial score (nSPS) is 12.5. The third-order valence-electron chi connectivity index (χ3n) is 2.19. The molecule has 1 N–H and O–H groups in total. The molecule has 0 fully saturated rings. The van der Waals surface area contributed by atoms with E-state index in [2.05, 4.69) is 15.9 Å². The molecule has 1 atom stereocenters. The van der Waals surface area contributed by atoms with Gasteiger partial charge in [-0.05, 0) is 18.6 Å². The average molecular weight is 257 g/mol. The SMILES string of the molecule is CCC(CO)C(=O)c1cccc(Br)c1. The van der Waals surface area contributed by atoms with Crippen molar-refractivity contribution in [3.63, 3.8) is 0 Å². The number of aliphatic hydroxyl groups excluding tert-OH is 1. The predicted molar refractivity (Wildman–Crippen MR) is 59.3 cm³/mol. The average Bonchev–Trinajstić information content (AvgIpc) is 2.19. The largest absolute Gasteiger partial charge is 0.396 e. The number of hydrogen-bond donors (Lipinski definition) is 1. The first kappa shape index (κ1) is 11.4. The summed E-state index contributed by atoms with van der Waals surface area (Å²) in [5.74, 6) is -0.263. The monoisotopic (exact) mass is 256 g/mol. The molecule has 0 aliphatic carbocycles. The van der Waals surface area contributed by atoms with E-state index >= 15 is 0 Å². The summed E-state index contributed by atoms with van der Waals surface area (Å²) in [4.78, 5) is 11.8. The number of carbonyl (C=O) groups excluding carboxylic acids is 1. The first-order valence-corrected chi connectivity index (χ1v) is 5.39. The molecule has 0 aromatic heterocycles. The van der Waals surface area contributed by atoms with Gasteiger partial charge in [-0.1, -0.05) is 35.0 Å². The molecule has 0 saturated heterocycles. The van der Waals surface area contributed by atoms with Crippen LogP contribution >= 0.6 is 15.9 Å². The molecule has 1 aromatic rings. The topological polar surface area (TPSA) is 37.3 Å². The molecule has 0 bridgehead atoms. The second kappa shape index (κ2) is 5.27. The third kappa shape index (κ3) is 2.66. The Bertz CT molecular complexity index is 319. The van der Waals surface area contributed by atoms with Crippen molar-refractivity contribution >= 4 is 21.7 Å². The van der Waals surface area contributed by atoms with E-state index in [0.717, 1.165) is 4.47 Å². The number of ketones is 1. The number of Topliss-reactive ketones (excluding diaryl/α,β-unsaturated/α-hetero) is 1. The van der Waals surface area contributed by atoms with E-state index in [1.807, 2.05) is 19.1 Å². The van der Waals surface area contributed by atoms with Crippen LogP contribution in [0.15, 0.2) is 28.7 Å². The molecule has 14 heavy (non-hydrogen) atoms. The van der Waals surface area contributed by atoms with Crippen LogP contribution in [0.4, 0.5) is 0 Å². The second-order valence-corrected chi connectivity index (χ2v) is 4.08. The minimum Gasteiger partial charge on any atom is -0.396 e. The molecule has 1 aromatic carbocycles. The Balaban J connectivity index is 2.88. The summed E-state index contributed by atoms with van der Waals surface area (Å²) in [5, 5.41) is 8.99. The van der Waals surface area contributed by atoms with Crippen molar-refractivity contribution in [3.05, 3.63) is 34.3 Å². The molecule has 2 nitrogen and oxygen atoms in total. The lowest BCUT2D eigenvalue weighted by molar-refractivity contribution is 0.0856. The van der Waals surface area contributed by atoms with Gasteiger partial charge < -0.3 is 5.11 Å². The highest BCUT2D eigenvalue weighted by molar-refractivity contribution is 9.10. The van der Waals surface area contributed by atoms with Crippen molar-refractivity contribution in [1.29, 1.82) is 0 Å². The summed E-state index contributed by atoms with van der Waals surface area (Å²) in [6.07, 6.45) is 0.668. The lowest BCUT2D eigenvalue weighted by Crippen LogP contribution is -2.17. The van der Waals surface area contributed by atoms with Crippen LogP contribution in [0.25, 0.3) is 0 Å². The molecule has 0 spiro atoms. The molecular formula is C11H13BrO2. The van der Waals surface area contributed by atoms with Crippen LogP contribution in [0, 0.1) is 5.92 Å². The van der Waals surface area contributed by atoms with Gasteiger partial charge in [0.05, 0.1) is 6.61 Å². The van der Waals surface area contributed by atoms with E-state index in [0.29, 0.717) is 12.0 Å². The Kier molecular flexibility index (Phi) is 4.29. The lowest BCUT2D eigenvalue weighted by Gasteiger charge is -2.10. The van der Waals surface area contributed by atoms with Gasteiger partial charge in [-0.2, -0.15) is 0 Å². The number of benzene rings is 1. The van der Waals surface area contributed by atoms with Gasteiger partial charge in [0.25, 0.3) is 0 Å². The lowest BCUT2D eigenvalue weighted by atomic mass is 9.96. The zero-order chi connectivity index (χ0) is 10.6. The van der Waals surface area contributed by atoms with Crippen LogP contribution in [-0.4, -0.2) is 17.5 Å². The second-order valence-electron chi connectivity index (χ2n) is 3.16. The predicted octanol–water partition coefficient (Wildman–Crippen LogP) is 2.65. The Labute approximate surface area is 92.1 Å². The van der Waals surface area contributed by atoms with E-state index in [1.54, 1.807) is 12.1 Å². The first-order chi connectivity index (χ1) is 6.69. The maximum atomic E-state index is 11.8. The molecule has 76 valence electrons. The highest BCUT2D eigenvalue weighted by Gasteiger charge is 2.16. The minimum absolute atomic E-state index is 0.0105. The highest BCUT2D eigenvalue weighted by atomic mass is 79.9. The Morgan fingerprint density at radius 2 is 2.29 bits per heavy atom. The van der Waals surface area contributed by atoms with Gasteiger partial charge in [-0.25, -0.2) is 0 Å². The fourth-order valence-corrected chi connectivity index (χ4v) is 1.67. The molecule has 1 rings (SSSR count). The van der Waals surface area contributed by atoms with Crippen molar-refractivity contribution in [2.75, 3.05) is 6.61 Å². The number of aliphatic hydroxyl groups is 1. The standard InChI is InChI=1S/C11H13BrO2/c1-2-8(7-13)11(14)9-4-3-5-10(12)6-9/h3-6,8,13H,2,7H2,1H3. The van der Waals surface area contributed by atoms with Gasteiger partial charge in [-0.15, -0.1) is 0 Å². The summed E-state index contributed by atoms with van der Waals surface area (Å²) >= 11 is 3.31. The van der Waals surface area contributed by atoms with E-state index in [-0.39, 0.29) is 18.3 Å². The van der Waals surface area contributed by atoms with Gasteiger partial charge in [0.1, 0.15) is 0 Å².